The number of esters is 1. The Morgan fingerprint density at radius 2 is 1.91 bits per heavy atom. The molecule has 3 aromatic rings. The molecular weight excluding hydrogens is 488 g/mol. The third kappa shape index (κ3) is 4.45. The van der Waals surface area contributed by atoms with E-state index in [-0.39, 0.29) is 12.2 Å². The molecule has 1 atom stereocenters. The molecule has 7 heteroatoms. The topological polar surface area (TPSA) is 60.7 Å². The molecule has 162 valence electrons. The molecule has 0 fully saturated rings. The molecule has 1 aromatic heterocycles. The summed E-state index contributed by atoms with van der Waals surface area (Å²) in [5.74, 6) is -0.458. The number of aromatic nitrogens is 1. The van der Waals surface area contributed by atoms with Crippen LogP contribution in [0.5, 0.6) is 0 Å². The molecule has 0 bridgehead atoms. The monoisotopic (exact) mass is 508 g/mol. The van der Waals surface area contributed by atoms with Gasteiger partial charge in [0, 0.05) is 4.47 Å². The Hall–Kier alpha value is -3.03. The van der Waals surface area contributed by atoms with E-state index < -0.39 is 12.0 Å². The molecular formula is C25H21BrN2O3S. The highest BCUT2D eigenvalue weighted by atomic mass is 79.9. The molecule has 0 radical (unpaired) electrons. The lowest BCUT2D eigenvalue weighted by atomic mass is 9.96. The molecule has 2 aromatic carbocycles. The van der Waals surface area contributed by atoms with Crippen molar-refractivity contribution < 1.29 is 9.53 Å². The summed E-state index contributed by atoms with van der Waals surface area (Å²) < 4.78 is 8.37. The maximum atomic E-state index is 13.4. The highest BCUT2D eigenvalue weighted by molar-refractivity contribution is 9.10. The third-order valence-corrected chi connectivity index (χ3v) is 6.57. The number of benzene rings is 2. The van der Waals surface area contributed by atoms with Crippen LogP contribution in [0.25, 0.3) is 12.2 Å². The standard InChI is InChI=1S/C25H21BrN2O3S/c1-3-31-24(30)21-16(2)27-25-28(22(21)18-12-14-19(26)15-13-18)23(29)20(32-25)11-7-10-17-8-5-4-6-9-17/h4-15,22H,3H2,1-2H3/b10-7+,20-11+. The number of halogens is 1. The summed E-state index contributed by atoms with van der Waals surface area (Å²) in [7, 11) is 0. The van der Waals surface area contributed by atoms with Crippen LogP contribution < -0.4 is 14.9 Å². The number of thiazole rings is 1. The first-order chi connectivity index (χ1) is 15.5. The average Bonchev–Trinajstić information content (AvgIpc) is 3.09. The highest BCUT2D eigenvalue weighted by Gasteiger charge is 2.33. The maximum Gasteiger partial charge on any atom is 0.338 e. The van der Waals surface area contributed by atoms with E-state index in [1.54, 1.807) is 24.5 Å². The van der Waals surface area contributed by atoms with E-state index in [9.17, 15) is 9.59 Å². The minimum atomic E-state index is -0.598. The predicted octanol–water partition coefficient (Wildman–Crippen LogP) is 4.23. The van der Waals surface area contributed by atoms with Gasteiger partial charge in [-0.2, -0.15) is 0 Å². The van der Waals surface area contributed by atoms with Crippen molar-refractivity contribution in [1.29, 1.82) is 0 Å². The lowest BCUT2D eigenvalue weighted by Crippen LogP contribution is -2.39. The van der Waals surface area contributed by atoms with Crippen molar-refractivity contribution in [2.45, 2.75) is 19.9 Å². The van der Waals surface area contributed by atoms with Crippen LogP contribution in [0, 0.1) is 0 Å². The zero-order valence-corrected chi connectivity index (χ0v) is 20.0. The molecule has 5 nitrogen and oxygen atoms in total. The molecule has 32 heavy (non-hydrogen) atoms. The van der Waals surface area contributed by atoms with Crippen LogP contribution in [0.15, 0.2) is 86.2 Å². The SMILES string of the molecule is CCOC(=O)C1=C(C)N=c2s/c(=C/C=C/c3ccccc3)c(=O)n2C1c1ccc(Br)cc1. The predicted molar refractivity (Wildman–Crippen MR) is 131 cm³/mol. The van der Waals surface area contributed by atoms with E-state index in [4.69, 9.17) is 4.74 Å². The number of carbonyl (C=O) groups excluding carboxylic acids is 1. The Kier molecular flexibility index (Phi) is 6.67. The van der Waals surface area contributed by atoms with Crippen LogP contribution in [-0.2, 0) is 9.53 Å². The molecule has 0 N–H and O–H groups in total. The molecule has 1 aliphatic rings. The van der Waals surface area contributed by atoms with E-state index >= 15 is 0 Å². The lowest BCUT2D eigenvalue weighted by molar-refractivity contribution is -0.139. The summed E-state index contributed by atoms with van der Waals surface area (Å²) in [5, 5.41) is 0. The Morgan fingerprint density at radius 1 is 1.19 bits per heavy atom. The largest absolute Gasteiger partial charge is 0.463 e. The van der Waals surface area contributed by atoms with E-state index in [1.807, 2.05) is 66.7 Å². The number of allylic oxidation sites excluding steroid dienone is 2. The Balaban J connectivity index is 1.86. The molecule has 0 saturated heterocycles. The molecule has 1 aliphatic heterocycles. The second-order valence-corrected chi connectivity index (χ2v) is 9.07. The van der Waals surface area contributed by atoms with Crippen molar-refractivity contribution in [1.82, 2.24) is 4.57 Å². The minimum absolute atomic E-state index is 0.186. The van der Waals surface area contributed by atoms with Crippen LogP contribution in [0.2, 0.25) is 0 Å². The second kappa shape index (κ2) is 9.63. The van der Waals surface area contributed by atoms with Gasteiger partial charge >= 0.3 is 5.97 Å². The second-order valence-electron chi connectivity index (χ2n) is 7.15. The summed E-state index contributed by atoms with van der Waals surface area (Å²) in [6.45, 7) is 3.79. The number of carbonyl (C=O) groups is 1. The number of nitrogens with zero attached hydrogens (tertiary/aromatic N) is 2. The summed E-state index contributed by atoms with van der Waals surface area (Å²) in [5.41, 5.74) is 2.62. The average molecular weight is 509 g/mol. The zero-order valence-electron chi connectivity index (χ0n) is 17.6. The van der Waals surface area contributed by atoms with Crippen molar-refractivity contribution in [3.05, 3.63) is 107 Å². The number of hydrogen-bond acceptors (Lipinski definition) is 5. The smallest absolute Gasteiger partial charge is 0.338 e. The summed E-state index contributed by atoms with van der Waals surface area (Å²) in [6.07, 6.45) is 5.59. The van der Waals surface area contributed by atoms with E-state index in [0.29, 0.717) is 20.6 Å². The number of rotatable bonds is 5. The fourth-order valence-corrected chi connectivity index (χ4v) is 4.84. The van der Waals surface area contributed by atoms with Crippen molar-refractivity contribution in [2.24, 2.45) is 4.99 Å². The van der Waals surface area contributed by atoms with Gasteiger partial charge in [0.25, 0.3) is 5.56 Å². The fourth-order valence-electron chi connectivity index (χ4n) is 3.58. The first-order valence-electron chi connectivity index (χ1n) is 10.2. The molecule has 0 spiro atoms. The van der Waals surface area contributed by atoms with Crippen molar-refractivity contribution in [3.63, 3.8) is 0 Å². The van der Waals surface area contributed by atoms with Crippen LogP contribution in [0.1, 0.15) is 31.0 Å². The molecule has 0 amide bonds. The number of hydrogen-bond donors (Lipinski definition) is 0. The van der Waals surface area contributed by atoms with Crippen LogP contribution in [0.4, 0.5) is 0 Å². The fraction of sp³-hybridized carbons (Fsp3) is 0.160. The van der Waals surface area contributed by atoms with Crippen molar-refractivity contribution >= 4 is 45.4 Å². The summed E-state index contributed by atoms with van der Waals surface area (Å²) in [6, 6.07) is 16.9. The molecule has 4 rings (SSSR count). The quantitative estimate of drug-likeness (QED) is 0.484. The molecule has 0 saturated carbocycles. The maximum absolute atomic E-state index is 13.4. The van der Waals surface area contributed by atoms with Crippen molar-refractivity contribution in [2.75, 3.05) is 6.61 Å². The van der Waals surface area contributed by atoms with Gasteiger partial charge < -0.3 is 4.74 Å². The van der Waals surface area contributed by atoms with E-state index in [2.05, 4.69) is 20.9 Å². The number of ether oxygens (including phenoxy) is 1. The Labute approximate surface area is 197 Å². The van der Waals surface area contributed by atoms with Gasteiger partial charge in [0.2, 0.25) is 0 Å². The van der Waals surface area contributed by atoms with Gasteiger partial charge in [0.15, 0.2) is 4.80 Å². The first-order valence-corrected chi connectivity index (χ1v) is 11.8. The van der Waals surface area contributed by atoms with Gasteiger partial charge in [0.05, 0.1) is 28.5 Å². The van der Waals surface area contributed by atoms with Gasteiger partial charge in [-0.25, -0.2) is 9.79 Å². The number of fused-ring (bicyclic) bond motifs is 1. The molecule has 1 unspecified atom stereocenters. The van der Waals surface area contributed by atoms with Gasteiger partial charge in [-0.3, -0.25) is 9.36 Å². The Bertz CT molecular complexity index is 1380. The van der Waals surface area contributed by atoms with Gasteiger partial charge in [0.1, 0.15) is 0 Å². The molecule has 0 aliphatic carbocycles. The zero-order chi connectivity index (χ0) is 22.7. The van der Waals surface area contributed by atoms with Crippen molar-refractivity contribution in [3.8, 4) is 0 Å². The van der Waals surface area contributed by atoms with Crippen LogP contribution >= 0.6 is 27.3 Å². The van der Waals surface area contributed by atoms with E-state index in [1.165, 1.54) is 11.3 Å². The summed E-state index contributed by atoms with van der Waals surface area (Å²) in [4.78, 5) is 31.4. The van der Waals surface area contributed by atoms with Gasteiger partial charge in [-0.1, -0.05) is 81.9 Å². The summed E-state index contributed by atoms with van der Waals surface area (Å²) >= 11 is 4.76. The highest BCUT2D eigenvalue weighted by Crippen LogP contribution is 2.31. The van der Waals surface area contributed by atoms with Crippen LogP contribution in [-0.4, -0.2) is 17.1 Å². The lowest BCUT2D eigenvalue weighted by Gasteiger charge is -2.24. The van der Waals surface area contributed by atoms with Crippen LogP contribution in [0.3, 0.4) is 0 Å². The molecule has 2 heterocycles. The van der Waals surface area contributed by atoms with Gasteiger partial charge in [-0.05, 0) is 43.2 Å². The Morgan fingerprint density at radius 3 is 2.59 bits per heavy atom. The first kappa shape index (κ1) is 22.2. The third-order valence-electron chi connectivity index (χ3n) is 5.04. The van der Waals surface area contributed by atoms with E-state index in [0.717, 1.165) is 15.6 Å². The normalized spacial score (nSPS) is 16.2. The van der Waals surface area contributed by atoms with Gasteiger partial charge in [-0.15, -0.1) is 0 Å². The minimum Gasteiger partial charge on any atom is -0.463 e.